The first kappa shape index (κ1) is 11.8. The van der Waals surface area contributed by atoms with Crippen LogP contribution in [0.15, 0.2) is 0 Å². The smallest absolute Gasteiger partial charge is 0.222 e. The molecular weight excluding hydrogens is 208 g/mol. The lowest BCUT2D eigenvalue weighted by Crippen LogP contribution is -2.69. The minimum absolute atomic E-state index is 0.00151. The van der Waals surface area contributed by atoms with Crippen LogP contribution in [0, 0.1) is 5.92 Å². The van der Waals surface area contributed by atoms with Crippen molar-refractivity contribution in [1.82, 2.24) is 5.32 Å². The van der Waals surface area contributed by atoms with E-state index in [4.69, 9.17) is 15.2 Å². The van der Waals surface area contributed by atoms with E-state index in [-0.39, 0.29) is 24.1 Å². The van der Waals surface area contributed by atoms with Crippen LogP contribution in [-0.2, 0) is 14.3 Å². The van der Waals surface area contributed by atoms with Gasteiger partial charge in [0.1, 0.15) is 0 Å². The van der Waals surface area contributed by atoms with E-state index < -0.39 is 0 Å². The molecule has 0 aromatic heterocycles. The molecule has 1 saturated heterocycles. The Balaban J connectivity index is 1.71. The van der Waals surface area contributed by atoms with Crippen molar-refractivity contribution < 1.29 is 14.3 Å². The van der Waals surface area contributed by atoms with Crippen LogP contribution in [0.1, 0.15) is 19.8 Å². The normalized spacial score (nSPS) is 36.6. The molecule has 0 aromatic carbocycles. The van der Waals surface area contributed by atoms with Gasteiger partial charge in [-0.1, -0.05) is 0 Å². The zero-order valence-electron chi connectivity index (χ0n) is 9.65. The van der Waals surface area contributed by atoms with E-state index in [1.807, 2.05) is 6.92 Å². The van der Waals surface area contributed by atoms with Crippen molar-refractivity contribution in [3.63, 3.8) is 0 Å². The molecule has 2 rings (SSSR count). The fourth-order valence-electron chi connectivity index (χ4n) is 2.49. The molecule has 16 heavy (non-hydrogen) atoms. The Morgan fingerprint density at radius 1 is 1.62 bits per heavy atom. The first-order valence-corrected chi connectivity index (χ1v) is 5.98. The van der Waals surface area contributed by atoms with Crippen LogP contribution in [0.2, 0.25) is 0 Å². The van der Waals surface area contributed by atoms with Crippen molar-refractivity contribution in [1.29, 1.82) is 0 Å². The summed E-state index contributed by atoms with van der Waals surface area (Å²) in [6.45, 7) is 3.80. The third-order valence-electron chi connectivity index (χ3n) is 3.45. The zero-order chi connectivity index (χ0) is 11.5. The van der Waals surface area contributed by atoms with Gasteiger partial charge in [-0.2, -0.15) is 0 Å². The van der Waals surface area contributed by atoms with Crippen molar-refractivity contribution in [2.24, 2.45) is 11.7 Å². The third-order valence-corrected chi connectivity index (χ3v) is 3.45. The quantitative estimate of drug-likeness (QED) is 0.630. The van der Waals surface area contributed by atoms with E-state index in [0.717, 1.165) is 13.0 Å². The fraction of sp³-hybridized carbons (Fsp3) is 0.909. The maximum Gasteiger partial charge on any atom is 0.222 e. The van der Waals surface area contributed by atoms with Crippen LogP contribution in [-0.4, -0.2) is 43.9 Å². The molecule has 0 bridgehead atoms. The molecule has 2 fully saturated rings. The lowest BCUT2D eigenvalue weighted by molar-refractivity contribution is -0.126. The van der Waals surface area contributed by atoms with Crippen molar-refractivity contribution in [3.05, 3.63) is 0 Å². The SMILES string of the molecule is CCOCCC(=O)NC1C(N)C2CCOC21. The van der Waals surface area contributed by atoms with E-state index in [9.17, 15) is 4.79 Å². The predicted octanol–water partition coefficient (Wildman–Crippen LogP) is -0.356. The second-order valence-electron chi connectivity index (χ2n) is 4.41. The number of ether oxygens (including phenoxy) is 2. The molecule has 1 aliphatic heterocycles. The molecule has 0 spiro atoms. The Hall–Kier alpha value is -0.650. The first-order valence-electron chi connectivity index (χ1n) is 5.98. The van der Waals surface area contributed by atoms with E-state index >= 15 is 0 Å². The largest absolute Gasteiger partial charge is 0.381 e. The van der Waals surface area contributed by atoms with Gasteiger partial charge in [-0.3, -0.25) is 4.79 Å². The summed E-state index contributed by atoms with van der Waals surface area (Å²) in [4.78, 5) is 11.6. The molecule has 3 N–H and O–H groups in total. The number of nitrogens with two attached hydrogens (primary N) is 1. The van der Waals surface area contributed by atoms with Crippen molar-refractivity contribution in [2.45, 2.75) is 38.0 Å². The van der Waals surface area contributed by atoms with E-state index in [2.05, 4.69) is 5.32 Å². The van der Waals surface area contributed by atoms with Crippen LogP contribution in [0.25, 0.3) is 0 Å². The van der Waals surface area contributed by atoms with Crippen molar-refractivity contribution in [3.8, 4) is 0 Å². The summed E-state index contributed by atoms with van der Waals surface area (Å²) in [7, 11) is 0. The highest BCUT2D eigenvalue weighted by molar-refractivity contribution is 5.76. The summed E-state index contributed by atoms with van der Waals surface area (Å²) >= 11 is 0. The second-order valence-corrected chi connectivity index (χ2v) is 4.41. The molecule has 1 amide bonds. The minimum Gasteiger partial charge on any atom is -0.381 e. The van der Waals surface area contributed by atoms with Crippen molar-refractivity contribution >= 4 is 5.91 Å². The maximum absolute atomic E-state index is 11.6. The van der Waals surface area contributed by atoms with Crippen LogP contribution in [0.3, 0.4) is 0 Å². The monoisotopic (exact) mass is 228 g/mol. The molecular formula is C11H20N2O3. The number of nitrogens with one attached hydrogen (secondary N) is 1. The highest BCUT2D eigenvalue weighted by Crippen LogP contribution is 2.37. The Bertz CT molecular complexity index is 260. The highest BCUT2D eigenvalue weighted by atomic mass is 16.5. The van der Waals surface area contributed by atoms with Crippen LogP contribution in [0.4, 0.5) is 0 Å². The highest BCUT2D eigenvalue weighted by Gasteiger charge is 2.52. The number of hydrogen-bond donors (Lipinski definition) is 2. The lowest BCUT2D eigenvalue weighted by atomic mass is 9.72. The minimum atomic E-state index is 0.00151. The fourth-order valence-corrected chi connectivity index (χ4v) is 2.49. The van der Waals surface area contributed by atoms with Gasteiger partial charge < -0.3 is 20.5 Å². The van der Waals surface area contributed by atoms with E-state index in [1.54, 1.807) is 0 Å². The van der Waals surface area contributed by atoms with Gasteiger partial charge in [-0.05, 0) is 13.3 Å². The molecule has 1 saturated carbocycles. The molecule has 5 heteroatoms. The third kappa shape index (κ3) is 2.21. The molecule has 0 aromatic rings. The number of fused-ring (bicyclic) bond motifs is 1. The zero-order valence-corrected chi connectivity index (χ0v) is 9.65. The molecule has 1 heterocycles. The number of rotatable bonds is 5. The van der Waals surface area contributed by atoms with Gasteiger partial charge in [0, 0.05) is 31.6 Å². The number of carbonyl (C=O) groups is 1. The Kier molecular flexibility index (Phi) is 3.78. The lowest BCUT2D eigenvalue weighted by Gasteiger charge is -2.45. The van der Waals surface area contributed by atoms with Crippen LogP contribution >= 0.6 is 0 Å². The standard InChI is InChI=1S/C11H20N2O3/c1-2-15-5-4-8(14)13-10-9(12)7-3-6-16-11(7)10/h7,9-11H,2-6,12H2,1H3,(H,13,14). The maximum atomic E-state index is 11.6. The van der Waals surface area contributed by atoms with E-state index in [0.29, 0.717) is 25.6 Å². The van der Waals surface area contributed by atoms with Gasteiger partial charge in [0.05, 0.1) is 18.8 Å². The van der Waals surface area contributed by atoms with Gasteiger partial charge in [0.15, 0.2) is 0 Å². The Morgan fingerprint density at radius 3 is 3.19 bits per heavy atom. The van der Waals surface area contributed by atoms with Crippen LogP contribution < -0.4 is 11.1 Å². The summed E-state index contributed by atoms with van der Waals surface area (Å²) < 4.78 is 10.7. The molecule has 4 unspecified atom stereocenters. The Morgan fingerprint density at radius 2 is 2.44 bits per heavy atom. The first-order chi connectivity index (χ1) is 7.74. The summed E-state index contributed by atoms with van der Waals surface area (Å²) in [6, 6.07) is 0.0603. The second kappa shape index (κ2) is 5.12. The Labute approximate surface area is 95.7 Å². The van der Waals surface area contributed by atoms with E-state index in [1.165, 1.54) is 0 Å². The molecule has 1 aliphatic carbocycles. The summed E-state index contributed by atoms with van der Waals surface area (Å²) in [5.74, 6) is 0.444. The number of hydrogen-bond acceptors (Lipinski definition) is 4. The average Bonchev–Trinajstić information content (AvgIpc) is 2.71. The van der Waals surface area contributed by atoms with Crippen molar-refractivity contribution in [2.75, 3.05) is 19.8 Å². The average molecular weight is 228 g/mol. The molecule has 0 radical (unpaired) electrons. The van der Waals surface area contributed by atoms with Gasteiger partial charge in [0.2, 0.25) is 5.91 Å². The molecule has 4 atom stereocenters. The topological polar surface area (TPSA) is 73.6 Å². The molecule has 5 nitrogen and oxygen atoms in total. The number of carbonyl (C=O) groups excluding carboxylic acids is 1. The van der Waals surface area contributed by atoms with Crippen LogP contribution in [0.5, 0.6) is 0 Å². The van der Waals surface area contributed by atoms with Gasteiger partial charge in [-0.15, -0.1) is 0 Å². The number of amides is 1. The predicted molar refractivity (Wildman–Crippen MR) is 58.9 cm³/mol. The molecule has 2 aliphatic rings. The summed E-state index contributed by atoms with van der Waals surface area (Å²) in [5.41, 5.74) is 5.99. The van der Waals surface area contributed by atoms with Gasteiger partial charge >= 0.3 is 0 Å². The summed E-state index contributed by atoms with van der Waals surface area (Å²) in [5, 5.41) is 2.93. The van der Waals surface area contributed by atoms with Gasteiger partial charge in [-0.25, -0.2) is 0 Å². The molecule has 92 valence electrons. The van der Waals surface area contributed by atoms with Gasteiger partial charge in [0.25, 0.3) is 0 Å². The summed E-state index contributed by atoms with van der Waals surface area (Å²) in [6.07, 6.45) is 1.57.